The molecule has 0 aliphatic heterocycles. The van der Waals surface area contributed by atoms with Gasteiger partial charge < -0.3 is 5.32 Å². The molecule has 4 heteroatoms. The average molecular weight is 301 g/mol. The molecule has 0 radical (unpaired) electrons. The second-order valence-electron chi connectivity index (χ2n) is 5.45. The maximum absolute atomic E-state index is 12.5. The Kier molecular flexibility index (Phi) is 4.20. The predicted molar refractivity (Wildman–Crippen MR) is 83.0 cm³/mol. The highest BCUT2D eigenvalue weighted by Crippen LogP contribution is 2.42. The summed E-state index contributed by atoms with van der Waals surface area (Å²) >= 11 is 5.92. The van der Waals surface area contributed by atoms with E-state index in [0.29, 0.717) is 17.5 Å². The summed E-state index contributed by atoms with van der Waals surface area (Å²) in [5.74, 6) is 0.475. The van der Waals surface area contributed by atoms with Crippen LogP contribution in [0.15, 0.2) is 48.8 Å². The van der Waals surface area contributed by atoms with Crippen molar-refractivity contribution in [3.05, 3.63) is 64.9 Å². The minimum Gasteiger partial charge on any atom is -0.351 e. The number of carbonyl (C=O) groups excluding carboxylic acids is 1. The van der Waals surface area contributed by atoms with Gasteiger partial charge in [-0.1, -0.05) is 29.8 Å². The van der Waals surface area contributed by atoms with Crippen molar-refractivity contribution in [2.45, 2.75) is 25.3 Å². The van der Waals surface area contributed by atoms with E-state index in [2.05, 4.69) is 10.3 Å². The molecule has 0 spiro atoms. The molecular weight excluding hydrogens is 284 g/mol. The Bertz CT molecular complexity index is 608. The third-order valence-corrected chi connectivity index (χ3v) is 4.05. The van der Waals surface area contributed by atoms with Crippen molar-refractivity contribution in [2.75, 3.05) is 0 Å². The highest BCUT2D eigenvalue weighted by Gasteiger charge is 2.37. The summed E-state index contributed by atoms with van der Waals surface area (Å²) in [7, 11) is 0. The second kappa shape index (κ2) is 6.27. The summed E-state index contributed by atoms with van der Waals surface area (Å²) in [5, 5.41) is 3.72. The van der Waals surface area contributed by atoms with Gasteiger partial charge in [-0.2, -0.15) is 0 Å². The number of hydrogen-bond donors (Lipinski definition) is 1. The van der Waals surface area contributed by atoms with Crippen molar-refractivity contribution in [3.8, 4) is 0 Å². The Morgan fingerprint density at radius 2 is 2.05 bits per heavy atom. The molecule has 2 aromatic rings. The number of benzene rings is 1. The number of pyridine rings is 1. The molecule has 1 aromatic carbocycles. The number of amides is 1. The molecule has 0 saturated heterocycles. The third kappa shape index (κ3) is 3.61. The summed E-state index contributed by atoms with van der Waals surface area (Å²) in [5.41, 5.74) is 2.06. The summed E-state index contributed by atoms with van der Waals surface area (Å²) in [6.45, 7) is 0.517. The molecule has 1 saturated carbocycles. The molecular formula is C17H17ClN2O. The van der Waals surface area contributed by atoms with Gasteiger partial charge in [-0.25, -0.2) is 0 Å². The standard InChI is InChI=1S/C17H17ClN2O/c18-15-7-5-14(6-8-15)16(13-3-4-13)17(21)20-11-12-2-1-9-19-10-12/h1-2,5-10,13,16H,3-4,11H2,(H,20,21). The van der Waals surface area contributed by atoms with Gasteiger partial charge in [0.1, 0.15) is 0 Å². The number of halogens is 1. The SMILES string of the molecule is O=C(NCc1cccnc1)C(c1ccc(Cl)cc1)C1CC1. The van der Waals surface area contributed by atoms with Crippen LogP contribution in [0.5, 0.6) is 0 Å². The Hall–Kier alpha value is -1.87. The van der Waals surface area contributed by atoms with E-state index in [4.69, 9.17) is 11.6 Å². The largest absolute Gasteiger partial charge is 0.351 e. The summed E-state index contributed by atoms with van der Waals surface area (Å²) in [6, 6.07) is 11.4. The smallest absolute Gasteiger partial charge is 0.228 e. The van der Waals surface area contributed by atoms with Crippen LogP contribution in [0, 0.1) is 5.92 Å². The Labute approximate surface area is 129 Å². The van der Waals surface area contributed by atoms with Crippen molar-refractivity contribution in [3.63, 3.8) is 0 Å². The molecule has 1 aromatic heterocycles. The second-order valence-corrected chi connectivity index (χ2v) is 5.88. The lowest BCUT2D eigenvalue weighted by Crippen LogP contribution is -2.30. The fourth-order valence-electron chi connectivity index (χ4n) is 2.54. The molecule has 1 heterocycles. The molecule has 1 N–H and O–H groups in total. The monoisotopic (exact) mass is 300 g/mol. The molecule has 1 fully saturated rings. The van der Waals surface area contributed by atoms with Crippen molar-refractivity contribution in [1.82, 2.24) is 10.3 Å². The summed E-state index contributed by atoms with van der Waals surface area (Å²) in [6.07, 6.45) is 5.74. The first-order chi connectivity index (χ1) is 10.2. The molecule has 3 nitrogen and oxygen atoms in total. The molecule has 21 heavy (non-hydrogen) atoms. The molecule has 0 bridgehead atoms. The van der Waals surface area contributed by atoms with Crippen LogP contribution in [0.4, 0.5) is 0 Å². The maximum atomic E-state index is 12.5. The number of aromatic nitrogens is 1. The number of nitrogens with zero attached hydrogens (tertiary/aromatic N) is 1. The number of nitrogens with one attached hydrogen (secondary N) is 1. The van der Waals surface area contributed by atoms with Crippen molar-refractivity contribution >= 4 is 17.5 Å². The number of rotatable bonds is 5. The van der Waals surface area contributed by atoms with Gasteiger partial charge in [0.25, 0.3) is 0 Å². The zero-order valence-electron chi connectivity index (χ0n) is 11.6. The molecule has 1 atom stereocenters. The van der Waals surface area contributed by atoms with Crippen molar-refractivity contribution < 1.29 is 4.79 Å². The van der Waals surface area contributed by atoms with E-state index >= 15 is 0 Å². The van der Waals surface area contributed by atoms with E-state index in [9.17, 15) is 4.79 Å². The van der Waals surface area contributed by atoms with E-state index < -0.39 is 0 Å². The molecule has 3 rings (SSSR count). The molecule has 1 unspecified atom stereocenters. The van der Waals surface area contributed by atoms with Gasteiger partial charge in [-0.3, -0.25) is 9.78 Å². The predicted octanol–water partition coefficient (Wildman–Crippen LogP) is 3.55. The zero-order valence-corrected chi connectivity index (χ0v) is 12.4. The lowest BCUT2D eigenvalue weighted by molar-refractivity contribution is -0.123. The highest BCUT2D eigenvalue weighted by molar-refractivity contribution is 6.30. The summed E-state index contributed by atoms with van der Waals surface area (Å²) < 4.78 is 0. The van der Waals surface area contributed by atoms with Crippen LogP contribution in [0.3, 0.4) is 0 Å². The molecule has 1 aliphatic rings. The van der Waals surface area contributed by atoms with Gasteiger partial charge in [0.05, 0.1) is 5.92 Å². The van der Waals surface area contributed by atoms with Crippen LogP contribution in [-0.2, 0) is 11.3 Å². The first-order valence-corrected chi connectivity index (χ1v) is 7.54. The zero-order chi connectivity index (χ0) is 14.7. The van der Waals surface area contributed by atoms with Crippen LogP contribution in [-0.4, -0.2) is 10.9 Å². The van der Waals surface area contributed by atoms with E-state index in [-0.39, 0.29) is 11.8 Å². The first-order valence-electron chi connectivity index (χ1n) is 7.16. The molecule has 108 valence electrons. The summed E-state index contributed by atoms with van der Waals surface area (Å²) in [4.78, 5) is 16.6. The fourth-order valence-corrected chi connectivity index (χ4v) is 2.67. The third-order valence-electron chi connectivity index (χ3n) is 3.79. The Balaban J connectivity index is 1.69. The van der Waals surface area contributed by atoms with Gasteiger partial charge in [-0.05, 0) is 48.1 Å². The van der Waals surface area contributed by atoms with E-state index in [1.54, 1.807) is 12.4 Å². The van der Waals surface area contributed by atoms with Crippen molar-refractivity contribution in [1.29, 1.82) is 0 Å². The Morgan fingerprint density at radius 1 is 1.29 bits per heavy atom. The van der Waals surface area contributed by atoms with Crippen LogP contribution in [0.1, 0.15) is 29.9 Å². The van der Waals surface area contributed by atoms with Gasteiger partial charge in [-0.15, -0.1) is 0 Å². The normalized spacial score (nSPS) is 15.5. The van der Waals surface area contributed by atoms with E-state index in [0.717, 1.165) is 24.0 Å². The lowest BCUT2D eigenvalue weighted by atomic mass is 9.93. The number of carbonyl (C=O) groups is 1. The van der Waals surface area contributed by atoms with Crippen molar-refractivity contribution in [2.24, 2.45) is 5.92 Å². The van der Waals surface area contributed by atoms with E-state index in [1.165, 1.54) is 0 Å². The van der Waals surface area contributed by atoms with Crippen LogP contribution in [0.25, 0.3) is 0 Å². The quantitative estimate of drug-likeness (QED) is 0.917. The fraction of sp³-hybridized carbons (Fsp3) is 0.294. The molecule has 1 aliphatic carbocycles. The Morgan fingerprint density at radius 3 is 2.67 bits per heavy atom. The van der Waals surface area contributed by atoms with Gasteiger partial charge >= 0.3 is 0 Å². The molecule has 1 amide bonds. The average Bonchev–Trinajstić information content (AvgIpc) is 3.33. The van der Waals surface area contributed by atoms with Crippen LogP contribution < -0.4 is 5.32 Å². The maximum Gasteiger partial charge on any atom is 0.228 e. The topological polar surface area (TPSA) is 42.0 Å². The van der Waals surface area contributed by atoms with Gasteiger partial charge in [0.15, 0.2) is 0 Å². The van der Waals surface area contributed by atoms with Crippen LogP contribution >= 0.6 is 11.6 Å². The lowest BCUT2D eigenvalue weighted by Gasteiger charge is -2.17. The minimum atomic E-state index is -0.0704. The van der Waals surface area contributed by atoms with Crippen LogP contribution in [0.2, 0.25) is 5.02 Å². The minimum absolute atomic E-state index is 0.0704. The van der Waals surface area contributed by atoms with Gasteiger partial charge in [0.2, 0.25) is 5.91 Å². The first kappa shape index (κ1) is 14.1. The number of hydrogen-bond acceptors (Lipinski definition) is 2. The highest BCUT2D eigenvalue weighted by atomic mass is 35.5. The van der Waals surface area contributed by atoms with E-state index in [1.807, 2.05) is 36.4 Å². The van der Waals surface area contributed by atoms with Gasteiger partial charge in [0, 0.05) is 24.0 Å².